The van der Waals surface area contributed by atoms with Crippen molar-refractivity contribution in [1.29, 1.82) is 0 Å². The largest absolute Gasteiger partial charge is 0.205 e. The van der Waals surface area contributed by atoms with Crippen LogP contribution in [-0.2, 0) is 6.42 Å². The van der Waals surface area contributed by atoms with Crippen LogP contribution in [0.15, 0.2) is 46.6 Å². The molecule has 0 aromatic heterocycles. The Labute approximate surface area is 139 Å². The predicted molar refractivity (Wildman–Crippen MR) is 91.6 cm³/mol. The topological polar surface area (TPSA) is 24.7 Å². The van der Waals surface area contributed by atoms with Crippen molar-refractivity contribution in [1.82, 2.24) is 0 Å². The van der Waals surface area contributed by atoms with Gasteiger partial charge in [0.15, 0.2) is 0 Å². The van der Waals surface area contributed by atoms with Gasteiger partial charge in [0.05, 0.1) is 12.4 Å². The molecule has 0 aliphatic heterocycles. The molecule has 0 saturated heterocycles. The maximum Gasteiger partial charge on any atom is 0.145 e. The average molecular weight is 335 g/mol. The van der Waals surface area contributed by atoms with E-state index in [1.54, 1.807) is 6.21 Å². The molecule has 0 radical (unpaired) electrons. The Bertz CT molecular complexity index is 686. The Kier molecular flexibility index (Phi) is 6.41. The minimum absolute atomic E-state index is 0.261. The highest BCUT2D eigenvalue weighted by Crippen LogP contribution is 2.19. The summed E-state index contributed by atoms with van der Waals surface area (Å²) in [4.78, 5) is 0. The molecule has 23 heavy (non-hydrogen) atoms. The van der Waals surface area contributed by atoms with Crippen molar-refractivity contribution < 1.29 is 8.78 Å². The monoisotopic (exact) mass is 334 g/mol. The van der Waals surface area contributed by atoms with Gasteiger partial charge in [-0.15, -0.1) is 0 Å². The molecule has 0 unspecified atom stereocenters. The lowest BCUT2D eigenvalue weighted by molar-refractivity contribution is 0.584. The van der Waals surface area contributed by atoms with Crippen molar-refractivity contribution in [3.8, 4) is 0 Å². The molecule has 0 fully saturated rings. The van der Waals surface area contributed by atoms with E-state index in [1.807, 2.05) is 12.1 Å². The quantitative estimate of drug-likeness (QED) is 0.383. The number of benzene rings is 2. The van der Waals surface area contributed by atoms with E-state index in [4.69, 9.17) is 11.6 Å². The molecular weight excluding hydrogens is 318 g/mol. The number of hydrogen-bond donors (Lipinski definition) is 0. The molecular formula is C18H17ClF2N2. The molecule has 2 aromatic rings. The van der Waals surface area contributed by atoms with Crippen LogP contribution >= 0.6 is 11.6 Å². The second-order valence-electron chi connectivity index (χ2n) is 5.13. The molecule has 0 N–H and O–H groups in total. The van der Waals surface area contributed by atoms with Gasteiger partial charge in [-0.1, -0.05) is 49.2 Å². The lowest BCUT2D eigenvalue weighted by Crippen LogP contribution is -1.89. The smallest absolute Gasteiger partial charge is 0.145 e. The highest BCUT2D eigenvalue weighted by Gasteiger charge is 2.07. The Hall–Kier alpha value is -2.07. The average Bonchev–Trinajstić information content (AvgIpc) is 2.55. The molecule has 0 saturated carbocycles. The zero-order chi connectivity index (χ0) is 16.7. The highest BCUT2D eigenvalue weighted by atomic mass is 35.5. The number of aryl methyl sites for hydroxylation is 1. The van der Waals surface area contributed by atoms with E-state index in [-0.39, 0.29) is 5.56 Å². The molecule has 0 spiro atoms. The van der Waals surface area contributed by atoms with Gasteiger partial charge >= 0.3 is 0 Å². The lowest BCUT2D eigenvalue weighted by atomic mass is 10.1. The second kappa shape index (κ2) is 8.53. The molecule has 120 valence electrons. The molecule has 0 atom stereocenters. The van der Waals surface area contributed by atoms with E-state index in [1.165, 1.54) is 24.6 Å². The van der Waals surface area contributed by atoms with Crippen LogP contribution in [0.4, 0.5) is 8.78 Å². The van der Waals surface area contributed by atoms with Crippen LogP contribution in [0.5, 0.6) is 0 Å². The molecule has 2 aromatic carbocycles. The number of nitrogens with zero attached hydrogens (tertiary/aromatic N) is 2. The minimum atomic E-state index is -0.820. The third-order valence-corrected chi connectivity index (χ3v) is 3.65. The van der Waals surface area contributed by atoms with Gasteiger partial charge in [-0.05, 0) is 36.1 Å². The second-order valence-corrected chi connectivity index (χ2v) is 5.51. The SMILES string of the molecule is CCCCc1ccc(C=NN=Cc2cc(F)c(Cl)c(F)c2)cc1. The van der Waals surface area contributed by atoms with E-state index in [0.29, 0.717) is 0 Å². The molecule has 0 heterocycles. The Morgan fingerprint density at radius 2 is 1.52 bits per heavy atom. The van der Waals surface area contributed by atoms with E-state index in [2.05, 4.69) is 29.3 Å². The van der Waals surface area contributed by atoms with Gasteiger partial charge in [-0.25, -0.2) is 8.78 Å². The Morgan fingerprint density at radius 3 is 2.09 bits per heavy atom. The normalized spacial score (nSPS) is 11.7. The van der Waals surface area contributed by atoms with Crippen molar-refractivity contribution in [2.45, 2.75) is 26.2 Å². The van der Waals surface area contributed by atoms with Crippen LogP contribution in [0.2, 0.25) is 5.02 Å². The molecule has 5 heteroatoms. The zero-order valence-electron chi connectivity index (χ0n) is 12.8. The Morgan fingerprint density at radius 1 is 0.957 bits per heavy atom. The van der Waals surface area contributed by atoms with E-state index in [0.717, 1.165) is 24.1 Å². The maximum absolute atomic E-state index is 13.3. The maximum atomic E-state index is 13.3. The van der Waals surface area contributed by atoms with E-state index >= 15 is 0 Å². The molecule has 2 nitrogen and oxygen atoms in total. The first-order valence-corrected chi connectivity index (χ1v) is 7.78. The summed E-state index contributed by atoms with van der Waals surface area (Å²) in [6.45, 7) is 2.16. The van der Waals surface area contributed by atoms with Crippen molar-refractivity contribution >= 4 is 24.0 Å². The molecule has 2 rings (SSSR count). The van der Waals surface area contributed by atoms with Crippen molar-refractivity contribution in [2.75, 3.05) is 0 Å². The standard InChI is InChI=1S/C18H17ClF2N2/c1-2-3-4-13-5-7-14(8-6-13)11-22-23-12-15-9-16(20)18(19)17(21)10-15/h5-12H,2-4H2,1H3. The van der Waals surface area contributed by atoms with Crippen LogP contribution in [0.3, 0.4) is 0 Å². The first kappa shape index (κ1) is 17.3. The molecule has 0 bridgehead atoms. The fourth-order valence-corrected chi connectivity index (χ4v) is 2.11. The van der Waals surface area contributed by atoms with Crippen LogP contribution in [0.25, 0.3) is 0 Å². The first-order chi connectivity index (χ1) is 11.1. The predicted octanol–water partition coefficient (Wildman–Crippen LogP) is 5.41. The van der Waals surface area contributed by atoms with Gasteiger partial charge in [-0.2, -0.15) is 10.2 Å². The first-order valence-electron chi connectivity index (χ1n) is 7.40. The summed E-state index contributed by atoms with van der Waals surface area (Å²) < 4.78 is 26.5. The van der Waals surface area contributed by atoms with Crippen LogP contribution in [0.1, 0.15) is 36.5 Å². The lowest BCUT2D eigenvalue weighted by Gasteiger charge is -1.99. The van der Waals surface area contributed by atoms with Gasteiger partial charge < -0.3 is 0 Å². The fraction of sp³-hybridized carbons (Fsp3) is 0.222. The fourth-order valence-electron chi connectivity index (χ4n) is 2.00. The summed E-state index contributed by atoms with van der Waals surface area (Å²) >= 11 is 5.41. The van der Waals surface area contributed by atoms with Gasteiger partial charge in [0.2, 0.25) is 0 Å². The van der Waals surface area contributed by atoms with Crippen LogP contribution < -0.4 is 0 Å². The number of hydrogen-bond acceptors (Lipinski definition) is 2. The van der Waals surface area contributed by atoms with Crippen molar-refractivity contribution in [3.63, 3.8) is 0 Å². The number of unbranched alkanes of at least 4 members (excludes halogenated alkanes) is 1. The molecule has 0 amide bonds. The van der Waals surface area contributed by atoms with E-state index < -0.39 is 16.7 Å². The summed E-state index contributed by atoms with van der Waals surface area (Å²) in [5, 5.41) is 7.15. The summed E-state index contributed by atoms with van der Waals surface area (Å²) in [6, 6.07) is 10.3. The van der Waals surface area contributed by atoms with Crippen LogP contribution in [-0.4, -0.2) is 12.4 Å². The zero-order valence-corrected chi connectivity index (χ0v) is 13.5. The summed E-state index contributed by atoms with van der Waals surface area (Å²) in [5.74, 6) is -1.64. The third-order valence-electron chi connectivity index (χ3n) is 3.29. The van der Waals surface area contributed by atoms with Gasteiger partial charge in [0.1, 0.15) is 16.7 Å². The summed E-state index contributed by atoms with van der Waals surface area (Å²) in [6.07, 6.45) is 6.27. The number of rotatable bonds is 6. The molecule has 0 aliphatic rings. The van der Waals surface area contributed by atoms with Crippen LogP contribution in [0, 0.1) is 11.6 Å². The van der Waals surface area contributed by atoms with Gasteiger partial charge in [0, 0.05) is 5.56 Å². The summed E-state index contributed by atoms with van der Waals surface area (Å²) in [7, 11) is 0. The Balaban J connectivity index is 1.98. The van der Waals surface area contributed by atoms with Crippen molar-refractivity contribution in [3.05, 3.63) is 69.7 Å². The third kappa shape index (κ3) is 5.25. The highest BCUT2D eigenvalue weighted by molar-refractivity contribution is 6.30. The van der Waals surface area contributed by atoms with Gasteiger partial charge in [-0.3, -0.25) is 0 Å². The van der Waals surface area contributed by atoms with Crippen molar-refractivity contribution in [2.24, 2.45) is 10.2 Å². The summed E-state index contributed by atoms with van der Waals surface area (Å²) in [5.41, 5.74) is 2.46. The molecule has 0 aliphatic carbocycles. The number of halogens is 3. The van der Waals surface area contributed by atoms with E-state index in [9.17, 15) is 8.78 Å². The van der Waals surface area contributed by atoms with Gasteiger partial charge in [0.25, 0.3) is 0 Å². The minimum Gasteiger partial charge on any atom is -0.205 e.